The predicted molar refractivity (Wildman–Crippen MR) is 100.0 cm³/mol. The molecule has 3 aromatic rings. The van der Waals surface area contributed by atoms with Crippen LogP contribution in [0.2, 0.25) is 0 Å². The van der Waals surface area contributed by atoms with Crippen LogP contribution in [0.4, 0.5) is 4.79 Å². The Morgan fingerprint density at radius 1 is 0.926 bits per heavy atom. The standard InChI is InChI=1S/C21H21NO5/c1-24-19-11-10-16(13-20(19)25-2)14-22(15-18-9-6-12-26-18)21(23)27-17-7-4-3-5-8-17/h3-13H,14-15H2,1-2H3. The molecule has 0 bridgehead atoms. The van der Waals surface area contributed by atoms with Crippen LogP contribution >= 0.6 is 0 Å². The van der Waals surface area contributed by atoms with Gasteiger partial charge in [-0.2, -0.15) is 0 Å². The molecule has 140 valence electrons. The van der Waals surface area contributed by atoms with Crippen molar-refractivity contribution >= 4 is 6.09 Å². The Kier molecular flexibility index (Phi) is 5.99. The van der Waals surface area contributed by atoms with Gasteiger partial charge >= 0.3 is 6.09 Å². The third-order valence-corrected chi connectivity index (χ3v) is 3.95. The van der Waals surface area contributed by atoms with Crippen LogP contribution in [-0.4, -0.2) is 25.2 Å². The van der Waals surface area contributed by atoms with Crippen molar-refractivity contribution < 1.29 is 23.4 Å². The van der Waals surface area contributed by atoms with E-state index in [1.165, 1.54) is 0 Å². The summed E-state index contributed by atoms with van der Waals surface area (Å²) >= 11 is 0. The lowest BCUT2D eigenvalue weighted by atomic mass is 10.2. The topological polar surface area (TPSA) is 61.1 Å². The highest BCUT2D eigenvalue weighted by Crippen LogP contribution is 2.28. The van der Waals surface area contributed by atoms with E-state index < -0.39 is 6.09 Å². The average Bonchev–Trinajstić information content (AvgIpc) is 3.21. The third-order valence-electron chi connectivity index (χ3n) is 3.95. The van der Waals surface area contributed by atoms with Crippen molar-refractivity contribution in [3.05, 3.63) is 78.3 Å². The smallest absolute Gasteiger partial charge is 0.415 e. The molecule has 0 saturated carbocycles. The Labute approximate surface area is 157 Å². The second kappa shape index (κ2) is 8.80. The predicted octanol–water partition coefficient (Wildman–Crippen LogP) is 4.50. The van der Waals surface area contributed by atoms with E-state index in [1.807, 2.05) is 42.5 Å². The number of carbonyl (C=O) groups is 1. The fourth-order valence-electron chi connectivity index (χ4n) is 2.63. The molecule has 2 aromatic carbocycles. The lowest BCUT2D eigenvalue weighted by Gasteiger charge is -2.21. The fraction of sp³-hybridized carbons (Fsp3) is 0.190. The molecule has 0 radical (unpaired) electrons. The molecule has 1 heterocycles. The zero-order valence-corrected chi connectivity index (χ0v) is 15.3. The highest BCUT2D eigenvalue weighted by atomic mass is 16.6. The van der Waals surface area contributed by atoms with Crippen molar-refractivity contribution in [1.29, 1.82) is 0 Å². The molecule has 3 rings (SSSR count). The van der Waals surface area contributed by atoms with Gasteiger partial charge in [0.25, 0.3) is 0 Å². The first-order valence-electron chi connectivity index (χ1n) is 8.44. The maximum Gasteiger partial charge on any atom is 0.415 e. The van der Waals surface area contributed by atoms with Gasteiger partial charge in [0.15, 0.2) is 11.5 Å². The number of hydrogen-bond acceptors (Lipinski definition) is 5. The summed E-state index contributed by atoms with van der Waals surface area (Å²) in [6, 6.07) is 18.1. The van der Waals surface area contributed by atoms with Crippen molar-refractivity contribution in [3.63, 3.8) is 0 Å². The Morgan fingerprint density at radius 3 is 2.37 bits per heavy atom. The summed E-state index contributed by atoms with van der Waals surface area (Å²) in [5, 5.41) is 0. The molecule has 0 aliphatic carbocycles. The van der Waals surface area contributed by atoms with Crippen LogP contribution in [0.25, 0.3) is 0 Å². The number of amides is 1. The van der Waals surface area contributed by atoms with Gasteiger partial charge in [0, 0.05) is 6.54 Å². The van der Waals surface area contributed by atoms with Gasteiger partial charge in [-0.1, -0.05) is 24.3 Å². The lowest BCUT2D eigenvalue weighted by molar-refractivity contribution is 0.142. The van der Waals surface area contributed by atoms with Crippen LogP contribution in [-0.2, 0) is 13.1 Å². The van der Waals surface area contributed by atoms with Gasteiger partial charge in [0.05, 0.1) is 27.0 Å². The Balaban J connectivity index is 1.80. The van der Waals surface area contributed by atoms with Crippen molar-refractivity contribution in [1.82, 2.24) is 4.90 Å². The number of ether oxygens (including phenoxy) is 3. The van der Waals surface area contributed by atoms with Crippen LogP contribution in [0.15, 0.2) is 71.3 Å². The second-order valence-electron chi connectivity index (χ2n) is 5.81. The van der Waals surface area contributed by atoms with E-state index in [-0.39, 0.29) is 6.54 Å². The van der Waals surface area contributed by atoms with Gasteiger partial charge < -0.3 is 18.6 Å². The van der Waals surface area contributed by atoms with Gasteiger partial charge in [-0.05, 0) is 42.0 Å². The van der Waals surface area contributed by atoms with Crippen LogP contribution in [0.3, 0.4) is 0 Å². The number of hydrogen-bond donors (Lipinski definition) is 0. The molecule has 0 aliphatic rings. The number of rotatable bonds is 7. The van der Waals surface area contributed by atoms with Crippen molar-refractivity contribution in [2.45, 2.75) is 13.1 Å². The van der Waals surface area contributed by atoms with Gasteiger partial charge in [0.1, 0.15) is 11.5 Å². The Hall–Kier alpha value is -3.41. The molecule has 0 N–H and O–H groups in total. The maximum atomic E-state index is 12.7. The molecular formula is C21H21NO5. The highest BCUT2D eigenvalue weighted by Gasteiger charge is 2.19. The maximum absolute atomic E-state index is 12.7. The van der Waals surface area contributed by atoms with E-state index in [0.29, 0.717) is 29.6 Å². The molecule has 6 heteroatoms. The van der Waals surface area contributed by atoms with Gasteiger partial charge in [0.2, 0.25) is 0 Å². The Bertz CT molecular complexity index is 862. The quantitative estimate of drug-likeness (QED) is 0.615. The van der Waals surface area contributed by atoms with E-state index in [1.54, 1.807) is 43.6 Å². The van der Waals surface area contributed by atoms with Crippen LogP contribution < -0.4 is 14.2 Å². The summed E-state index contributed by atoms with van der Waals surface area (Å²) in [4.78, 5) is 14.3. The minimum absolute atomic E-state index is 0.285. The number of carbonyl (C=O) groups excluding carboxylic acids is 1. The SMILES string of the molecule is COc1ccc(CN(Cc2ccco2)C(=O)Oc2ccccc2)cc1OC. The van der Waals surface area contributed by atoms with E-state index in [4.69, 9.17) is 18.6 Å². The van der Waals surface area contributed by atoms with Gasteiger partial charge in [-0.25, -0.2) is 4.79 Å². The van der Waals surface area contributed by atoms with Crippen molar-refractivity contribution in [2.24, 2.45) is 0 Å². The summed E-state index contributed by atoms with van der Waals surface area (Å²) < 4.78 is 21.5. The van der Waals surface area contributed by atoms with E-state index in [0.717, 1.165) is 5.56 Å². The average molecular weight is 367 g/mol. The second-order valence-corrected chi connectivity index (χ2v) is 5.81. The fourth-order valence-corrected chi connectivity index (χ4v) is 2.63. The molecule has 1 aromatic heterocycles. The monoisotopic (exact) mass is 367 g/mol. The number of benzene rings is 2. The third kappa shape index (κ3) is 4.82. The summed E-state index contributed by atoms with van der Waals surface area (Å²) in [5.74, 6) is 2.38. The number of nitrogens with zero attached hydrogens (tertiary/aromatic N) is 1. The van der Waals surface area contributed by atoms with Crippen LogP contribution in [0.5, 0.6) is 17.2 Å². The molecule has 6 nitrogen and oxygen atoms in total. The molecule has 0 spiro atoms. The van der Waals surface area contributed by atoms with E-state index >= 15 is 0 Å². The lowest BCUT2D eigenvalue weighted by Crippen LogP contribution is -2.32. The molecular weight excluding hydrogens is 346 g/mol. The summed E-state index contributed by atoms with van der Waals surface area (Å²) in [5.41, 5.74) is 0.879. The minimum atomic E-state index is -0.465. The van der Waals surface area contributed by atoms with E-state index in [9.17, 15) is 4.79 Å². The van der Waals surface area contributed by atoms with Gasteiger partial charge in [-0.15, -0.1) is 0 Å². The van der Waals surface area contributed by atoms with Crippen LogP contribution in [0.1, 0.15) is 11.3 Å². The first-order chi connectivity index (χ1) is 13.2. The van der Waals surface area contributed by atoms with Crippen molar-refractivity contribution in [3.8, 4) is 17.2 Å². The normalized spacial score (nSPS) is 10.3. The Morgan fingerprint density at radius 2 is 1.70 bits per heavy atom. The highest BCUT2D eigenvalue weighted by molar-refractivity contribution is 5.70. The number of furan rings is 1. The minimum Gasteiger partial charge on any atom is -0.493 e. The zero-order valence-electron chi connectivity index (χ0n) is 15.3. The van der Waals surface area contributed by atoms with E-state index in [2.05, 4.69) is 0 Å². The number of para-hydroxylation sites is 1. The summed E-state index contributed by atoms with van der Waals surface area (Å²) in [6.07, 6.45) is 1.11. The summed E-state index contributed by atoms with van der Waals surface area (Å²) in [6.45, 7) is 0.611. The van der Waals surface area contributed by atoms with Crippen molar-refractivity contribution in [2.75, 3.05) is 14.2 Å². The molecule has 1 amide bonds. The largest absolute Gasteiger partial charge is 0.493 e. The molecule has 27 heavy (non-hydrogen) atoms. The van der Waals surface area contributed by atoms with Gasteiger partial charge in [-0.3, -0.25) is 4.90 Å². The van der Waals surface area contributed by atoms with Crippen LogP contribution in [0, 0.1) is 0 Å². The first kappa shape index (κ1) is 18.4. The zero-order chi connectivity index (χ0) is 19.1. The molecule has 0 atom stereocenters. The first-order valence-corrected chi connectivity index (χ1v) is 8.44. The molecule has 0 saturated heterocycles. The molecule has 0 aliphatic heterocycles. The molecule has 0 unspecified atom stereocenters. The summed E-state index contributed by atoms with van der Waals surface area (Å²) in [7, 11) is 3.16. The number of methoxy groups -OCH3 is 2. The molecule has 0 fully saturated rings.